The maximum absolute atomic E-state index is 6.62. The zero-order chi connectivity index (χ0) is 28.7. The highest BCUT2D eigenvalue weighted by Gasteiger charge is 2.71. The molecule has 3 nitrogen and oxygen atoms in total. The Balaban J connectivity index is 1.48. The Morgan fingerprint density at radius 1 is 0.690 bits per heavy atom. The van der Waals surface area contributed by atoms with Crippen molar-refractivity contribution in [2.75, 3.05) is 14.2 Å². The van der Waals surface area contributed by atoms with Crippen LogP contribution in [0.5, 0.6) is 0 Å². The topological polar surface area (TPSA) is 31.6 Å². The lowest BCUT2D eigenvalue weighted by atomic mass is 9.71. The van der Waals surface area contributed by atoms with Crippen LogP contribution in [0.25, 0.3) is 55.0 Å². The number of fused-ring (bicyclic) bond motifs is 17. The zero-order valence-corrected chi connectivity index (χ0v) is 25.0. The third-order valence-electron chi connectivity index (χ3n) is 10.7. The fourth-order valence-corrected chi connectivity index (χ4v) is 8.85. The van der Waals surface area contributed by atoms with Crippen LogP contribution in [0.2, 0.25) is 0 Å². The summed E-state index contributed by atoms with van der Waals surface area (Å²) in [6, 6.07) is 29.2. The van der Waals surface area contributed by atoms with Gasteiger partial charge in [0.1, 0.15) is 11.3 Å². The molecule has 1 fully saturated rings. The quantitative estimate of drug-likeness (QED) is 0.162. The third-order valence-corrected chi connectivity index (χ3v) is 10.7. The van der Waals surface area contributed by atoms with Crippen molar-refractivity contribution in [3.8, 4) is 22.5 Å². The molecule has 5 aromatic carbocycles. The minimum absolute atomic E-state index is 0.119. The third kappa shape index (κ3) is 2.71. The standard InChI is InChI=1S/C39H34O3/c1-20(2)21-15-16-24-28(19-21)22-11-7-8-12-23(22)31-30(24)32-26(34-36(31)39(34,40-5)41-6)17-18-27-33(32)38(3,4)35-25-13-9-10-14-29(25)42-37(27)35/h7-20,34,36H,1-6H3. The molecule has 3 aliphatic rings. The number of benzene rings is 5. The molecule has 0 bridgehead atoms. The smallest absolute Gasteiger partial charge is 0.182 e. The largest absolute Gasteiger partial charge is 0.456 e. The Morgan fingerprint density at radius 2 is 1.40 bits per heavy atom. The summed E-state index contributed by atoms with van der Waals surface area (Å²) < 4.78 is 19.2. The van der Waals surface area contributed by atoms with Gasteiger partial charge in [0.15, 0.2) is 5.79 Å². The molecule has 42 heavy (non-hydrogen) atoms. The van der Waals surface area contributed by atoms with Crippen molar-refractivity contribution in [1.29, 1.82) is 0 Å². The predicted molar refractivity (Wildman–Crippen MR) is 171 cm³/mol. The first kappa shape index (κ1) is 24.7. The van der Waals surface area contributed by atoms with E-state index in [1.807, 2.05) is 0 Å². The molecule has 0 N–H and O–H groups in total. The number of hydrogen-bond acceptors (Lipinski definition) is 3. The van der Waals surface area contributed by atoms with Gasteiger partial charge >= 0.3 is 0 Å². The van der Waals surface area contributed by atoms with Crippen molar-refractivity contribution in [1.82, 2.24) is 0 Å². The number of methoxy groups -OCH3 is 2. The van der Waals surface area contributed by atoms with E-state index in [0.29, 0.717) is 5.92 Å². The first-order valence-electron chi connectivity index (χ1n) is 15.1. The molecule has 208 valence electrons. The summed E-state index contributed by atoms with van der Waals surface area (Å²) in [6.07, 6.45) is 0. The van der Waals surface area contributed by atoms with Gasteiger partial charge in [-0.05, 0) is 66.9 Å². The van der Waals surface area contributed by atoms with Crippen molar-refractivity contribution < 1.29 is 13.9 Å². The van der Waals surface area contributed by atoms with E-state index in [1.165, 1.54) is 71.4 Å². The molecule has 3 aliphatic carbocycles. The zero-order valence-electron chi connectivity index (χ0n) is 25.0. The van der Waals surface area contributed by atoms with Crippen LogP contribution in [-0.4, -0.2) is 20.0 Å². The molecular weight excluding hydrogens is 516 g/mol. The first-order chi connectivity index (χ1) is 20.3. The summed E-state index contributed by atoms with van der Waals surface area (Å²) in [6.45, 7) is 9.30. The number of furan rings is 1. The van der Waals surface area contributed by atoms with Gasteiger partial charge in [-0.2, -0.15) is 0 Å². The molecule has 0 amide bonds. The average Bonchev–Trinajstić information content (AvgIpc) is 3.42. The lowest BCUT2D eigenvalue weighted by Crippen LogP contribution is -2.19. The monoisotopic (exact) mass is 550 g/mol. The minimum Gasteiger partial charge on any atom is -0.456 e. The summed E-state index contributed by atoms with van der Waals surface area (Å²) in [4.78, 5) is 0. The molecule has 9 rings (SSSR count). The normalized spacial score (nSPS) is 20.5. The molecule has 0 aliphatic heterocycles. The summed E-state index contributed by atoms with van der Waals surface area (Å²) >= 11 is 0. The second-order valence-electron chi connectivity index (χ2n) is 13.3. The molecule has 6 aromatic rings. The Kier molecular flexibility index (Phi) is 4.65. The van der Waals surface area contributed by atoms with Crippen LogP contribution in [0.3, 0.4) is 0 Å². The predicted octanol–water partition coefficient (Wildman–Crippen LogP) is 10.0. The van der Waals surface area contributed by atoms with Gasteiger partial charge in [-0.25, -0.2) is 0 Å². The summed E-state index contributed by atoms with van der Waals surface area (Å²) in [7, 11) is 3.61. The average molecular weight is 551 g/mol. The molecule has 1 heterocycles. The van der Waals surface area contributed by atoms with E-state index < -0.39 is 5.79 Å². The number of rotatable bonds is 3. The summed E-state index contributed by atoms with van der Waals surface area (Å²) in [5, 5.41) is 6.42. The molecule has 0 saturated heterocycles. The highest BCUT2D eigenvalue weighted by atomic mass is 16.7. The van der Waals surface area contributed by atoms with Crippen molar-refractivity contribution in [3.63, 3.8) is 0 Å². The summed E-state index contributed by atoms with van der Waals surface area (Å²) in [5.74, 6) is 1.01. The molecule has 1 saturated carbocycles. The van der Waals surface area contributed by atoms with Crippen molar-refractivity contribution in [3.05, 3.63) is 107 Å². The first-order valence-corrected chi connectivity index (χ1v) is 15.1. The van der Waals surface area contributed by atoms with Crippen LogP contribution >= 0.6 is 0 Å². The van der Waals surface area contributed by atoms with E-state index in [4.69, 9.17) is 13.9 Å². The molecule has 1 aromatic heterocycles. The van der Waals surface area contributed by atoms with Gasteiger partial charge in [0.05, 0.1) is 11.8 Å². The van der Waals surface area contributed by atoms with E-state index >= 15 is 0 Å². The number of hydrogen-bond donors (Lipinski definition) is 0. The molecule has 2 unspecified atom stereocenters. The van der Waals surface area contributed by atoms with Crippen LogP contribution in [0.15, 0.2) is 83.3 Å². The van der Waals surface area contributed by atoms with Gasteiger partial charge in [0.25, 0.3) is 0 Å². The second-order valence-corrected chi connectivity index (χ2v) is 13.3. The fraction of sp³-hybridized carbons (Fsp3) is 0.282. The number of para-hydroxylation sites is 1. The van der Waals surface area contributed by atoms with E-state index in [2.05, 4.69) is 107 Å². The lowest BCUT2D eigenvalue weighted by molar-refractivity contribution is -0.136. The Bertz CT molecular complexity index is 2140. The van der Waals surface area contributed by atoms with Crippen molar-refractivity contribution >= 4 is 32.5 Å². The Morgan fingerprint density at radius 3 is 2.14 bits per heavy atom. The molecule has 3 heteroatoms. The maximum atomic E-state index is 6.62. The van der Waals surface area contributed by atoms with Crippen LogP contribution in [-0.2, 0) is 14.9 Å². The van der Waals surface area contributed by atoms with Crippen molar-refractivity contribution in [2.24, 2.45) is 0 Å². The van der Waals surface area contributed by atoms with E-state index in [1.54, 1.807) is 14.2 Å². The second kappa shape index (κ2) is 7.92. The molecule has 0 spiro atoms. The van der Waals surface area contributed by atoms with Gasteiger partial charge in [0, 0.05) is 36.1 Å². The van der Waals surface area contributed by atoms with Crippen LogP contribution in [0.1, 0.15) is 73.3 Å². The van der Waals surface area contributed by atoms with E-state index in [-0.39, 0.29) is 17.3 Å². The van der Waals surface area contributed by atoms with Gasteiger partial charge in [-0.1, -0.05) is 100 Å². The van der Waals surface area contributed by atoms with E-state index in [0.717, 1.165) is 11.3 Å². The fourth-order valence-electron chi connectivity index (χ4n) is 8.85. The SMILES string of the molecule is COC1(OC)C2c3ccc4c(c3-c3c(c5ccccc5c5cc(C(C)C)ccc35)C21)C(C)(C)c1c-4oc2ccccc12. The Labute approximate surface area is 246 Å². The Hall–Kier alpha value is -3.92. The highest BCUT2D eigenvalue weighted by Crippen LogP contribution is 2.74. The van der Waals surface area contributed by atoms with Gasteiger partial charge < -0.3 is 13.9 Å². The van der Waals surface area contributed by atoms with E-state index in [9.17, 15) is 0 Å². The highest BCUT2D eigenvalue weighted by molar-refractivity contribution is 6.18. The van der Waals surface area contributed by atoms with Gasteiger partial charge in [-0.15, -0.1) is 0 Å². The molecular formula is C39H34O3. The van der Waals surface area contributed by atoms with Crippen LogP contribution < -0.4 is 0 Å². The van der Waals surface area contributed by atoms with Gasteiger partial charge in [0.2, 0.25) is 0 Å². The van der Waals surface area contributed by atoms with Crippen molar-refractivity contribution in [2.45, 2.75) is 56.7 Å². The molecule has 0 radical (unpaired) electrons. The maximum Gasteiger partial charge on any atom is 0.182 e. The van der Waals surface area contributed by atoms with Crippen LogP contribution in [0, 0.1) is 0 Å². The lowest BCUT2D eigenvalue weighted by Gasteiger charge is -2.30. The molecule has 2 atom stereocenters. The van der Waals surface area contributed by atoms with Gasteiger partial charge in [-0.3, -0.25) is 0 Å². The van der Waals surface area contributed by atoms with Crippen LogP contribution in [0.4, 0.5) is 0 Å². The summed E-state index contributed by atoms with van der Waals surface area (Å²) in [5.41, 5.74) is 11.3. The number of ether oxygens (including phenoxy) is 2. The minimum atomic E-state index is -0.690.